The SMILES string of the molecule is COc1ccc(N2C(=O)C[C@@H](N3CCN(CCc4cccs4)CC3)C2=O)cc1. The number of thiophene rings is 1. The molecule has 0 aliphatic carbocycles. The second kappa shape index (κ2) is 8.43. The minimum absolute atomic E-state index is 0.109. The van der Waals surface area contributed by atoms with E-state index >= 15 is 0 Å². The Morgan fingerprint density at radius 2 is 1.82 bits per heavy atom. The fourth-order valence-corrected chi connectivity index (χ4v) is 4.62. The van der Waals surface area contributed by atoms with Crippen molar-refractivity contribution < 1.29 is 14.3 Å². The maximum atomic E-state index is 13.0. The Hall–Kier alpha value is -2.22. The summed E-state index contributed by atoms with van der Waals surface area (Å²) in [7, 11) is 1.59. The van der Waals surface area contributed by atoms with Crippen LogP contribution in [0.3, 0.4) is 0 Å². The summed E-state index contributed by atoms with van der Waals surface area (Å²) in [5, 5.41) is 2.12. The summed E-state index contributed by atoms with van der Waals surface area (Å²) in [5.74, 6) is 0.473. The average Bonchev–Trinajstić information content (AvgIpc) is 3.35. The molecule has 148 valence electrons. The minimum atomic E-state index is -0.339. The number of piperazine rings is 1. The fourth-order valence-electron chi connectivity index (χ4n) is 3.93. The van der Waals surface area contributed by atoms with Gasteiger partial charge < -0.3 is 9.64 Å². The molecular formula is C21H25N3O3S. The molecule has 7 heteroatoms. The van der Waals surface area contributed by atoms with Crippen LogP contribution >= 0.6 is 11.3 Å². The number of carbonyl (C=O) groups is 2. The highest BCUT2D eigenvalue weighted by molar-refractivity contribution is 7.09. The molecule has 0 spiro atoms. The molecule has 0 saturated carbocycles. The van der Waals surface area contributed by atoms with E-state index in [1.165, 1.54) is 9.78 Å². The first-order valence-corrected chi connectivity index (χ1v) is 10.5. The van der Waals surface area contributed by atoms with Crippen molar-refractivity contribution >= 4 is 28.8 Å². The summed E-state index contributed by atoms with van der Waals surface area (Å²) in [6, 6.07) is 11.0. The molecule has 6 nitrogen and oxygen atoms in total. The van der Waals surface area contributed by atoms with E-state index in [9.17, 15) is 9.59 Å². The van der Waals surface area contributed by atoms with Crippen molar-refractivity contribution in [3.05, 3.63) is 46.7 Å². The smallest absolute Gasteiger partial charge is 0.251 e. The van der Waals surface area contributed by atoms with Gasteiger partial charge in [0, 0.05) is 37.6 Å². The minimum Gasteiger partial charge on any atom is -0.497 e. The molecule has 2 saturated heterocycles. The number of anilines is 1. The van der Waals surface area contributed by atoms with Crippen LogP contribution in [0.2, 0.25) is 0 Å². The largest absolute Gasteiger partial charge is 0.497 e. The van der Waals surface area contributed by atoms with Gasteiger partial charge in [-0.25, -0.2) is 4.90 Å². The van der Waals surface area contributed by atoms with Crippen molar-refractivity contribution in [1.29, 1.82) is 0 Å². The van der Waals surface area contributed by atoms with Crippen LogP contribution in [0.5, 0.6) is 5.75 Å². The number of carbonyl (C=O) groups excluding carboxylic acids is 2. The predicted octanol–water partition coefficient (Wildman–Crippen LogP) is 2.25. The summed E-state index contributed by atoms with van der Waals surface area (Å²) in [4.78, 5) is 32.8. The molecule has 0 bridgehead atoms. The van der Waals surface area contributed by atoms with Gasteiger partial charge in [0.2, 0.25) is 5.91 Å². The lowest BCUT2D eigenvalue weighted by Gasteiger charge is -2.37. The van der Waals surface area contributed by atoms with E-state index in [4.69, 9.17) is 4.74 Å². The first-order chi connectivity index (χ1) is 13.7. The van der Waals surface area contributed by atoms with Gasteiger partial charge in [0.15, 0.2) is 0 Å². The van der Waals surface area contributed by atoms with Gasteiger partial charge >= 0.3 is 0 Å². The molecular weight excluding hydrogens is 374 g/mol. The van der Waals surface area contributed by atoms with E-state index in [0.29, 0.717) is 11.4 Å². The highest BCUT2D eigenvalue weighted by atomic mass is 32.1. The normalized spacial score (nSPS) is 21.5. The quantitative estimate of drug-likeness (QED) is 0.698. The lowest BCUT2D eigenvalue weighted by Crippen LogP contribution is -2.52. The van der Waals surface area contributed by atoms with Crippen LogP contribution in [0, 0.1) is 0 Å². The van der Waals surface area contributed by atoms with Gasteiger partial charge in [0.1, 0.15) is 5.75 Å². The Morgan fingerprint density at radius 1 is 1.07 bits per heavy atom. The Balaban J connectivity index is 1.33. The van der Waals surface area contributed by atoms with Crippen molar-refractivity contribution in [2.24, 2.45) is 0 Å². The topological polar surface area (TPSA) is 53.1 Å². The number of hydrogen-bond acceptors (Lipinski definition) is 6. The molecule has 0 unspecified atom stereocenters. The number of benzene rings is 1. The van der Waals surface area contributed by atoms with Crippen LogP contribution in [-0.2, 0) is 16.0 Å². The van der Waals surface area contributed by atoms with Crippen LogP contribution in [0.1, 0.15) is 11.3 Å². The lowest BCUT2D eigenvalue weighted by atomic mass is 10.1. The molecule has 28 heavy (non-hydrogen) atoms. The third-order valence-electron chi connectivity index (χ3n) is 5.56. The Kier molecular flexibility index (Phi) is 5.75. The number of ether oxygens (including phenoxy) is 1. The van der Waals surface area contributed by atoms with Crippen LogP contribution in [0.4, 0.5) is 5.69 Å². The second-order valence-electron chi connectivity index (χ2n) is 7.19. The van der Waals surface area contributed by atoms with E-state index in [1.54, 1.807) is 42.7 Å². The monoisotopic (exact) mass is 399 g/mol. The first-order valence-electron chi connectivity index (χ1n) is 9.65. The van der Waals surface area contributed by atoms with Crippen LogP contribution in [0.25, 0.3) is 0 Å². The van der Waals surface area contributed by atoms with Crippen LogP contribution in [0.15, 0.2) is 41.8 Å². The number of methoxy groups -OCH3 is 1. The molecule has 1 atom stereocenters. The molecule has 2 aliphatic heterocycles. The highest BCUT2D eigenvalue weighted by Gasteiger charge is 2.43. The lowest BCUT2D eigenvalue weighted by molar-refractivity contribution is -0.123. The Labute approximate surface area is 169 Å². The summed E-state index contributed by atoms with van der Waals surface area (Å²) in [5.41, 5.74) is 0.618. The average molecular weight is 400 g/mol. The molecule has 2 amide bonds. The number of nitrogens with zero attached hydrogens (tertiary/aromatic N) is 3. The van der Waals surface area contributed by atoms with Crippen LogP contribution < -0.4 is 9.64 Å². The summed E-state index contributed by atoms with van der Waals surface area (Å²) >= 11 is 1.80. The second-order valence-corrected chi connectivity index (χ2v) is 8.22. The number of imide groups is 1. The first kappa shape index (κ1) is 19.1. The number of amides is 2. The third-order valence-corrected chi connectivity index (χ3v) is 6.49. The Morgan fingerprint density at radius 3 is 2.46 bits per heavy atom. The van der Waals surface area contributed by atoms with E-state index in [0.717, 1.165) is 39.1 Å². The molecule has 0 radical (unpaired) electrons. The van der Waals surface area contributed by atoms with Gasteiger partial charge in [0.05, 0.1) is 25.3 Å². The zero-order valence-corrected chi connectivity index (χ0v) is 16.9. The Bertz CT molecular complexity index is 814. The maximum absolute atomic E-state index is 13.0. The molecule has 3 heterocycles. The third kappa shape index (κ3) is 3.97. The van der Waals surface area contributed by atoms with Gasteiger partial charge in [-0.3, -0.25) is 14.5 Å². The van der Waals surface area contributed by atoms with E-state index < -0.39 is 0 Å². The molecule has 0 N–H and O–H groups in total. The molecule has 1 aromatic carbocycles. The van der Waals surface area contributed by atoms with Gasteiger partial charge in [0.25, 0.3) is 5.91 Å². The van der Waals surface area contributed by atoms with Crippen molar-refractivity contribution in [2.75, 3.05) is 44.7 Å². The zero-order valence-electron chi connectivity index (χ0n) is 16.0. The summed E-state index contributed by atoms with van der Waals surface area (Å²) in [6.07, 6.45) is 1.34. The highest BCUT2D eigenvalue weighted by Crippen LogP contribution is 2.27. The van der Waals surface area contributed by atoms with Crippen molar-refractivity contribution in [3.63, 3.8) is 0 Å². The van der Waals surface area contributed by atoms with Crippen molar-refractivity contribution in [3.8, 4) is 5.75 Å². The number of rotatable bonds is 6. The summed E-state index contributed by atoms with van der Waals surface area (Å²) in [6.45, 7) is 4.57. The van der Waals surface area contributed by atoms with Gasteiger partial charge in [-0.15, -0.1) is 11.3 Å². The van der Waals surface area contributed by atoms with Gasteiger partial charge in [-0.05, 0) is 42.1 Å². The maximum Gasteiger partial charge on any atom is 0.251 e. The molecule has 2 aliphatic rings. The molecule has 1 aromatic heterocycles. The summed E-state index contributed by atoms with van der Waals surface area (Å²) < 4.78 is 5.15. The molecule has 2 fully saturated rings. The number of hydrogen-bond donors (Lipinski definition) is 0. The zero-order chi connectivity index (χ0) is 19.5. The predicted molar refractivity (Wildman–Crippen MR) is 110 cm³/mol. The van der Waals surface area contributed by atoms with E-state index in [2.05, 4.69) is 27.3 Å². The molecule has 4 rings (SSSR count). The van der Waals surface area contributed by atoms with Crippen molar-refractivity contribution in [2.45, 2.75) is 18.9 Å². The van der Waals surface area contributed by atoms with Gasteiger partial charge in [-0.2, -0.15) is 0 Å². The fraction of sp³-hybridized carbons (Fsp3) is 0.429. The standard InChI is InChI=1S/C21H25N3O3S/c1-27-17-6-4-16(5-7-17)24-20(25)15-19(21(24)26)23-12-10-22(11-13-23)9-8-18-3-2-14-28-18/h2-7,14,19H,8-13,15H2,1H3/t19-/m1/s1. The molecule has 2 aromatic rings. The van der Waals surface area contributed by atoms with Crippen LogP contribution in [-0.4, -0.2) is 67.5 Å². The van der Waals surface area contributed by atoms with E-state index in [1.807, 2.05) is 0 Å². The van der Waals surface area contributed by atoms with Gasteiger partial charge in [-0.1, -0.05) is 6.07 Å². The van der Waals surface area contributed by atoms with E-state index in [-0.39, 0.29) is 24.3 Å². The van der Waals surface area contributed by atoms with Crippen molar-refractivity contribution in [1.82, 2.24) is 9.80 Å².